The van der Waals surface area contributed by atoms with E-state index in [0.717, 1.165) is 13.2 Å². The Kier molecular flexibility index (Phi) is 167. The number of rotatable bonds is 0. The third-order valence-electron chi connectivity index (χ3n) is 0.827. The van der Waals surface area contributed by atoms with Crippen molar-refractivity contribution in [2.75, 3.05) is 13.2 Å². The molecule has 0 spiro atoms. The maximum atomic E-state index is 7.50. The van der Waals surface area contributed by atoms with Gasteiger partial charge in [-0.3, -0.25) is 0 Å². The zero-order valence-corrected chi connectivity index (χ0v) is 10.2. The van der Waals surface area contributed by atoms with Crippen LogP contribution >= 0.6 is 0 Å². The summed E-state index contributed by atoms with van der Waals surface area (Å²) in [6, 6.07) is 0. The minimum Gasteiger partial charge on any atom is 0 e. The van der Waals surface area contributed by atoms with Gasteiger partial charge in [0.25, 0.3) is 0 Å². The van der Waals surface area contributed by atoms with Crippen molar-refractivity contribution in [2.24, 2.45) is 0 Å². The standard InChI is InChI=1S/C4H8O.4CO.W/c1-2-4-5-3-1;4*1-2;/h1-4H2;;;;;. The van der Waals surface area contributed by atoms with Gasteiger partial charge in [-0.1, -0.05) is 0 Å². The topological polar surface area (TPSA) is 88.8 Å². The predicted octanol–water partition coefficient (Wildman–Crippen LogP) is 0.644. The van der Waals surface area contributed by atoms with Crippen molar-refractivity contribution in [3.05, 3.63) is 26.6 Å². The Bertz CT molecular complexity index is 102. The Morgan fingerprint density at radius 1 is 0.643 bits per heavy atom. The Morgan fingerprint density at radius 3 is 0.929 bits per heavy atom. The summed E-state index contributed by atoms with van der Waals surface area (Å²) in [6.07, 6.45) is 2.56. The SMILES string of the molecule is C1CCOC1.[C-]#[O+].[C-]#[O+].[C-]#[O+].[C-]#[O+].[W]. The van der Waals surface area contributed by atoms with Crippen LogP contribution in [-0.2, 0) is 44.4 Å². The van der Waals surface area contributed by atoms with Crippen molar-refractivity contribution in [1.29, 1.82) is 0 Å². The minimum absolute atomic E-state index is 0. The van der Waals surface area contributed by atoms with E-state index in [2.05, 4.69) is 26.6 Å². The molecule has 1 saturated heterocycles. The Hall–Kier alpha value is -0.392. The van der Waals surface area contributed by atoms with Crippen LogP contribution in [0.2, 0.25) is 0 Å². The van der Waals surface area contributed by atoms with Crippen LogP contribution in [0, 0.1) is 26.6 Å². The van der Waals surface area contributed by atoms with Crippen LogP contribution in [0.3, 0.4) is 0 Å². The van der Waals surface area contributed by atoms with E-state index >= 15 is 0 Å². The third-order valence-corrected chi connectivity index (χ3v) is 0.827. The molecule has 76 valence electrons. The smallest absolute Gasteiger partial charge is 0 e. The monoisotopic (exact) mass is 368 g/mol. The molecule has 0 aromatic rings. The van der Waals surface area contributed by atoms with Gasteiger partial charge in [-0.15, -0.1) is 0 Å². The summed E-state index contributed by atoms with van der Waals surface area (Å²) >= 11 is 0. The molecular weight excluding hydrogens is 360 g/mol. The Labute approximate surface area is 97.3 Å². The number of ether oxygens (including phenoxy) is 1. The van der Waals surface area contributed by atoms with Crippen LogP contribution in [0.5, 0.6) is 0 Å². The molecule has 1 aliphatic heterocycles. The molecule has 1 fully saturated rings. The minimum atomic E-state index is 0. The number of hydrogen-bond acceptors (Lipinski definition) is 1. The fourth-order valence-electron chi connectivity index (χ4n) is 0.510. The van der Waals surface area contributed by atoms with Gasteiger partial charge in [0, 0.05) is 34.3 Å². The van der Waals surface area contributed by atoms with Crippen LogP contribution < -0.4 is 0 Å². The van der Waals surface area contributed by atoms with Gasteiger partial charge in [-0.2, -0.15) is 0 Å². The first kappa shape index (κ1) is 29.2. The summed E-state index contributed by atoms with van der Waals surface area (Å²) in [7, 11) is 0. The summed E-state index contributed by atoms with van der Waals surface area (Å²) in [4.78, 5) is 0. The van der Waals surface area contributed by atoms with Gasteiger partial charge >= 0.3 is 45.2 Å². The maximum Gasteiger partial charge on any atom is 0 e. The van der Waals surface area contributed by atoms with Crippen LogP contribution in [-0.4, -0.2) is 13.2 Å². The second kappa shape index (κ2) is 80.0. The van der Waals surface area contributed by atoms with E-state index in [4.69, 9.17) is 23.3 Å². The quantitative estimate of drug-likeness (QED) is 0.456. The van der Waals surface area contributed by atoms with Gasteiger partial charge in [0.15, 0.2) is 0 Å². The molecule has 5 nitrogen and oxygen atoms in total. The molecule has 0 bridgehead atoms. The van der Waals surface area contributed by atoms with Crippen molar-refractivity contribution in [1.82, 2.24) is 0 Å². The molecule has 0 saturated carbocycles. The van der Waals surface area contributed by atoms with Crippen molar-refractivity contribution in [3.63, 3.8) is 0 Å². The molecule has 0 amide bonds. The fraction of sp³-hybridized carbons (Fsp3) is 0.500. The second-order valence-corrected chi connectivity index (χ2v) is 1.32. The third kappa shape index (κ3) is 61.5. The summed E-state index contributed by atoms with van der Waals surface area (Å²) in [5.41, 5.74) is 0. The van der Waals surface area contributed by atoms with Crippen molar-refractivity contribution < 1.29 is 44.4 Å². The second-order valence-electron chi connectivity index (χ2n) is 1.32. The van der Waals surface area contributed by atoms with Gasteiger partial charge in [-0.25, -0.2) is 0 Å². The first-order valence-electron chi connectivity index (χ1n) is 2.89. The van der Waals surface area contributed by atoms with E-state index in [-0.39, 0.29) is 21.1 Å². The molecule has 0 aliphatic carbocycles. The Morgan fingerprint density at radius 2 is 0.857 bits per heavy atom. The van der Waals surface area contributed by atoms with E-state index in [1.54, 1.807) is 0 Å². The first-order chi connectivity index (χ1) is 6.50. The molecule has 1 heterocycles. The van der Waals surface area contributed by atoms with Crippen molar-refractivity contribution in [2.45, 2.75) is 12.8 Å². The largest absolute Gasteiger partial charge is 0 e. The molecule has 0 atom stereocenters. The van der Waals surface area contributed by atoms with Crippen LogP contribution in [0.25, 0.3) is 0 Å². The first-order valence-corrected chi connectivity index (χ1v) is 2.89. The zero-order chi connectivity index (χ0) is 11.5. The summed E-state index contributed by atoms with van der Waals surface area (Å²) in [5.74, 6) is 0. The van der Waals surface area contributed by atoms with E-state index in [1.807, 2.05) is 0 Å². The van der Waals surface area contributed by atoms with E-state index in [0.29, 0.717) is 0 Å². The van der Waals surface area contributed by atoms with Gasteiger partial charge in [0.2, 0.25) is 0 Å². The van der Waals surface area contributed by atoms with Gasteiger partial charge in [0.1, 0.15) is 0 Å². The number of hydrogen-bond donors (Lipinski definition) is 0. The van der Waals surface area contributed by atoms with Crippen LogP contribution in [0.1, 0.15) is 12.8 Å². The molecule has 0 N–H and O–H groups in total. The van der Waals surface area contributed by atoms with Gasteiger partial charge in [0.05, 0.1) is 0 Å². The van der Waals surface area contributed by atoms with Crippen LogP contribution in [0.15, 0.2) is 0 Å². The molecule has 6 heteroatoms. The molecule has 0 aromatic carbocycles. The summed E-state index contributed by atoms with van der Waals surface area (Å²) in [6.45, 7) is 20.0. The zero-order valence-electron chi connectivity index (χ0n) is 7.28. The van der Waals surface area contributed by atoms with Crippen LogP contribution in [0.4, 0.5) is 0 Å². The van der Waals surface area contributed by atoms with Crippen molar-refractivity contribution >= 4 is 0 Å². The molecule has 1 rings (SSSR count). The average Bonchev–Trinajstić information content (AvgIpc) is 2.87. The molecule has 14 heavy (non-hydrogen) atoms. The van der Waals surface area contributed by atoms with E-state index in [1.165, 1.54) is 12.8 Å². The summed E-state index contributed by atoms with van der Waals surface area (Å²) in [5, 5.41) is 0. The fourth-order valence-corrected chi connectivity index (χ4v) is 0.510. The van der Waals surface area contributed by atoms with E-state index < -0.39 is 0 Å². The average molecular weight is 368 g/mol. The molecular formula is C8H8O5W. The van der Waals surface area contributed by atoms with E-state index in [9.17, 15) is 0 Å². The van der Waals surface area contributed by atoms with Crippen molar-refractivity contribution in [3.8, 4) is 0 Å². The summed E-state index contributed by atoms with van der Waals surface area (Å²) < 4.78 is 34.9. The normalized spacial score (nSPS) is 9.14. The Balaban J connectivity index is -0.0000000267. The molecule has 0 aromatic heterocycles. The predicted molar refractivity (Wildman–Crippen MR) is 35.8 cm³/mol. The van der Waals surface area contributed by atoms with Gasteiger partial charge in [-0.05, 0) is 12.8 Å². The molecule has 0 radical (unpaired) electrons. The van der Waals surface area contributed by atoms with Gasteiger partial charge < -0.3 is 4.74 Å². The molecule has 0 unspecified atom stereocenters. The maximum absolute atomic E-state index is 7.50. The molecule has 1 aliphatic rings.